The molecule has 0 bridgehead atoms. The third-order valence-corrected chi connectivity index (χ3v) is 3.76. The van der Waals surface area contributed by atoms with E-state index in [-0.39, 0.29) is 17.7 Å². The van der Waals surface area contributed by atoms with Crippen LogP contribution in [0.4, 0.5) is 0 Å². The van der Waals surface area contributed by atoms with Crippen LogP contribution >= 0.6 is 0 Å². The molecule has 1 aliphatic carbocycles. The maximum atomic E-state index is 12.1. The highest BCUT2D eigenvalue weighted by molar-refractivity contribution is 6.02. The molecule has 104 valence electrons. The smallest absolute Gasteiger partial charge is 0.231 e. The van der Waals surface area contributed by atoms with Gasteiger partial charge in [0.2, 0.25) is 5.91 Å². The van der Waals surface area contributed by atoms with E-state index in [1.54, 1.807) is 0 Å². The summed E-state index contributed by atoms with van der Waals surface area (Å²) in [5, 5.41) is 14.6. The first-order chi connectivity index (χ1) is 8.45. The predicted molar refractivity (Wildman–Crippen MR) is 71.3 cm³/mol. The standard InChI is InChI=1S/C13H25N3O2/c1-4-5-13(6-7-13)8-15-12(17)10(9(2)3)11(14)16-18/h9-10,18H,4-8H2,1-3H3,(H2,14,16)(H,15,17). The van der Waals surface area contributed by atoms with Gasteiger partial charge in [-0.05, 0) is 30.6 Å². The second-order valence-electron chi connectivity index (χ2n) is 5.71. The van der Waals surface area contributed by atoms with E-state index in [4.69, 9.17) is 10.9 Å². The molecule has 1 atom stereocenters. The first kappa shape index (κ1) is 14.8. The van der Waals surface area contributed by atoms with Crippen molar-refractivity contribution in [1.82, 2.24) is 5.32 Å². The van der Waals surface area contributed by atoms with Gasteiger partial charge >= 0.3 is 0 Å². The van der Waals surface area contributed by atoms with Crippen LogP contribution in [-0.4, -0.2) is 23.5 Å². The van der Waals surface area contributed by atoms with Crippen LogP contribution in [0.3, 0.4) is 0 Å². The SMILES string of the molecule is CCCC1(CNC(=O)C(C(N)=NO)C(C)C)CC1. The van der Waals surface area contributed by atoms with Crippen molar-refractivity contribution in [3.8, 4) is 0 Å². The largest absolute Gasteiger partial charge is 0.409 e. The van der Waals surface area contributed by atoms with Crippen LogP contribution in [0.2, 0.25) is 0 Å². The Morgan fingerprint density at radius 1 is 1.50 bits per heavy atom. The monoisotopic (exact) mass is 255 g/mol. The third-order valence-electron chi connectivity index (χ3n) is 3.76. The molecule has 0 saturated heterocycles. The summed E-state index contributed by atoms with van der Waals surface area (Å²) >= 11 is 0. The van der Waals surface area contributed by atoms with Crippen molar-refractivity contribution in [1.29, 1.82) is 0 Å². The first-order valence-corrected chi connectivity index (χ1v) is 6.71. The third kappa shape index (κ3) is 3.62. The Morgan fingerprint density at radius 2 is 2.11 bits per heavy atom. The van der Waals surface area contributed by atoms with Gasteiger partial charge in [0.05, 0.1) is 0 Å². The quantitative estimate of drug-likeness (QED) is 0.280. The van der Waals surface area contributed by atoms with Crippen molar-refractivity contribution in [3.05, 3.63) is 0 Å². The number of hydrogen-bond donors (Lipinski definition) is 3. The molecule has 1 unspecified atom stereocenters. The van der Waals surface area contributed by atoms with Crippen LogP contribution in [0.1, 0.15) is 46.5 Å². The molecule has 0 aromatic heterocycles. The summed E-state index contributed by atoms with van der Waals surface area (Å²) < 4.78 is 0. The Hall–Kier alpha value is -1.26. The van der Waals surface area contributed by atoms with Crippen LogP contribution in [0.5, 0.6) is 0 Å². The maximum absolute atomic E-state index is 12.1. The van der Waals surface area contributed by atoms with E-state index in [2.05, 4.69) is 17.4 Å². The lowest BCUT2D eigenvalue weighted by Crippen LogP contribution is -2.43. The van der Waals surface area contributed by atoms with E-state index in [1.165, 1.54) is 12.8 Å². The van der Waals surface area contributed by atoms with Crippen molar-refractivity contribution in [3.63, 3.8) is 0 Å². The van der Waals surface area contributed by atoms with Gasteiger partial charge in [0.25, 0.3) is 0 Å². The molecule has 0 aromatic rings. The van der Waals surface area contributed by atoms with E-state index in [1.807, 2.05) is 13.8 Å². The molecule has 4 N–H and O–H groups in total. The number of hydrogen-bond acceptors (Lipinski definition) is 3. The van der Waals surface area contributed by atoms with Gasteiger partial charge in [-0.1, -0.05) is 32.3 Å². The number of nitrogens with two attached hydrogens (primary N) is 1. The Kier molecular flexibility index (Phi) is 4.99. The van der Waals surface area contributed by atoms with E-state index >= 15 is 0 Å². The molecule has 18 heavy (non-hydrogen) atoms. The number of carbonyl (C=O) groups is 1. The first-order valence-electron chi connectivity index (χ1n) is 6.71. The fourth-order valence-electron chi connectivity index (χ4n) is 2.45. The zero-order valence-corrected chi connectivity index (χ0v) is 11.6. The number of carbonyl (C=O) groups excluding carboxylic acids is 1. The molecule has 5 heteroatoms. The number of amidine groups is 1. The van der Waals surface area contributed by atoms with Crippen molar-refractivity contribution in [2.75, 3.05) is 6.54 Å². The van der Waals surface area contributed by atoms with Gasteiger partial charge in [-0.3, -0.25) is 4.79 Å². The summed E-state index contributed by atoms with van der Waals surface area (Å²) in [6.07, 6.45) is 4.68. The molecule has 1 fully saturated rings. The van der Waals surface area contributed by atoms with Gasteiger partial charge in [-0.25, -0.2) is 0 Å². The molecule has 0 spiro atoms. The lowest BCUT2D eigenvalue weighted by atomic mass is 9.93. The number of nitrogens with one attached hydrogen (secondary N) is 1. The summed E-state index contributed by atoms with van der Waals surface area (Å²) in [6, 6.07) is 0. The van der Waals surface area contributed by atoms with Gasteiger partial charge in [0.1, 0.15) is 5.92 Å². The normalized spacial score (nSPS) is 19.7. The second-order valence-corrected chi connectivity index (χ2v) is 5.71. The van der Waals surface area contributed by atoms with Gasteiger partial charge in [-0.2, -0.15) is 0 Å². The molecular formula is C13H25N3O2. The highest BCUT2D eigenvalue weighted by Gasteiger charge is 2.42. The van der Waals surface area contributed by atoms with Gasteiger partial charge in [0, 0.05) is 6.54 Å². The minimum atomic E-state index is -0.549. The Morgan fingerprint density at radius 3 is 2.50 bits per heavy atom. The van der Waals surface area contributed by atoms with E-state index in [9.17, 15) is 4.79 Å². The van der Waals surface area contributed by atoms with Crippen LogP contribution in [0, 0.1) is 17.3 Å². The van der Waals surface area contributed by atoms with E-state index < -0.39 is 5.92 Å². The number of rotatable bonds is 7. The van der Waals surface area contributed by atoms with Crippen LogP contribution < -0.4 is 11.1 Å². The number of oxime groups is 1. The molecule has 0 aromatic carbocycles. The Labute approximate surface area is 109 Å². The molecular weight excluding hydrogens is 230 g/mol. The Balaban J connectivity index is 2.53. The fraction of sp³-hybridized carbons (Fsp3) is 0.846. The summed E-state index contributed by atoms with van der Waals surface area (Å²) in [6.45, 7) is 6.65. The summed E-state index contributed by atoms with van der Waals surface area (Å²) in [5.74, 6) is -0.680. The average Bonchev–Trinajstić information content (AvgIpc) is 3.07. The van der Waals surface area contributed by atoms with Crippen LogP contribution in [-0.2, 0) is 4.79 Å². The molecule has 1 rings (SSSR count). The molecule has 0 radical (unpaired) electrons. The lowest BCUT2D eigenvalue weighted by molar-refractivity contribution is -0.124. The fourth-order valence-corrected chi connectivity index (χ4v) is 2.45. The summed E-state index contributed by atoms with van der Waals surface area (Å²) in [4.78, 5) is 12.1. The molecule has 0 heterocycles. The van der Waals surface area contributed by atoms with Gasteiger partial charge in [-0.15, -0.1) is 0 Å². The summed E-state index contributed by atoms with van der Waals surface area (Å²) in [7, 11) is 0. The average molecular weight is 255 g/mol. The number of nitrogens with zero attached hydrogens (tertiary/aromatic N) is 1. The molecule has 1 saturated carbocycles. The predicted octanol–water partition coefficient (Wildman–Crippen LogP) is 1.70. The van der Waals surface area contributed by atoms with Crippen LogP contribution in [0.25, 0.3) is 0 Å². The molecule has 5 nitrogen and oxygen atoms in total. The van der Waals surface area contributed by atoms with Crippen molar-refractivity contribution in [2.24, 2.45) is 28.1 Å². The highest BCUT2D eigenvalue weighted by Crippen LogP contribution is 2.48. The van der Waals surface area contributed by atoms with Gasteiger partial charge < -0.3 is 16.3 Å². The van der Waals surface area contributed by atoms with Crippen molar-refractivity contribution >= 4 is 11.7 Å². The van der Waals surface area contributed by atoms with E-state index in [0.717, 1.165) is 12.8 Å². The highest BCUT2D eigenvalue weighted by atomic mass is 16.4. The zero-order chi connectivity index (χ0) is 13.8. The van der Waals surface area contributed by atoms with Crippen molar-refractivity contribution in [2.45, 2.75) is 46.5 Å². The molecule has 1 aliphatic rings. The van der Waals surface area contributed by atoms with Crippen molar-refractivity contribution < 1.29 is 10.0 Å². The van der Waals surface area contributed by atoms with E-state index in [0.29, 0.717) is 12.0 Å². The Bertz CT molecular complexity index is 322. The summed E-state index contributed by atoms with van der Waals surface area (Å²) in [5.41, 5.74) is 5.89. The maximum Gasteiger partial charge on any atom is 0.231 e. The van der Waals surface area contributed by atoms with Gasteiger partial charge in [0.15, 0.2) is 5.84 Å². The minimum Gasteiger partial charge on any atom is -0.409 e. The second kappa shape index (κ2) is 6.07. The topological polar surface area (TPSA) is 87.7 Å². The zero-order valence-electron chi connectivity index (χ0n) is 11.6. The molecule has 1 amide bonds. The molecule has 0 aliphatic heterocycles. The number of amides is 1. The lowest BCUT2D eigenvalue weighted by Gasteiger charge is -2.21. The minimum absolute atomic E-state index is 0.0113. The van der Waals surface area contributed by atoms with Crippen LogP contribution in [0.15, 0.2) is 5.16 Å².